The summed E-state index contributed by atoms with van der Waals surface area (Å²) >= 11 is 3.13. The van der Waals surface area contributed by atoms with Gasteiger partial charge in [0.1, 0.15) is 16.2 Å². The molecule has 0 atom stereocenters. The first-order valence-electron chi connectivity index (χ1n) is 11.1. The number of hydrogen-bond donors (Lipinski definition) is 0. The highest BCUT2D eigenvalue weighted by Crippen LogP contribution is 2.36. The van der Waals surface area contributed by atoms with E-state index >= 15 is 0 Å². The van der Waals surface area contributed by atoms with Crippen LogP contribution < -0.4 is 0 Å². The Morgan fingerprint density at radius 3 is 2.50 bits per heavy atom. The zero-order valence-corrected chi connectivity index (χ0v) is 21.3. The summed E-state index contributed by atoms with van der Waals surface area (Å²) in [5, 5.41) is 1.85. The summed E-state index contributed by atoms with van der Waals surface area (Å²) in [4.78, 5) is 24.3. The molecule has 0 bridgehead atoms. The molecule has 170 valence electrons. The van der Waals surface area contributed by atoms with Crippen LogP contribution in [-0.2, 0) is 0 Å². The predicted molar refractivity (Wildman–Crippen MR) is 143 cm³/mol. The van der Waals surface area contributed by atoms with Gasteiger partial charge in [-0.05, 0) is 68.7 Å². The Morgan fingerprint density at radius 1 is 0.941 bits per heavy atom. The second-order valence-electron chi connectivity index (χ2n) is 8.47. The van der Waals surface area contributed by atoms with Crippen molar-refractivity contribution >= 4 is 39.1 Å². The number of carbonyl (C=O) groups is 1. The van der Waals surface area contributed by atoms with Crippen LogP contribution in [0.1, 0.15) is 32.9 Å². The van der Waals surface area contributed by atoms with E-state index in [4.69, 9.17) is 0 Å². The predicted octanol–water partition coefficient (Wildman–Crippen LogP) is 7.36. The van der Waals surface area contributed by atoms with Crippen molar-refractivity contribution in [3.63, 3.8) is 0 Å². The molecule has 0 amide bonds. The van der Waals surface area contributed by atoms with Crippen LogP contribution in [0.15, 0.2) is 72.0 Å². The molecule has 4 nitrogen and oxygen atoms in total. The number of thioether (sulfide) groups is 1. The number of aryl methyl sites for hydroxylation is 3. The molecule has 2 aromatic carbocycles. The van der Waals surface area contributed by atoms with Crippen molar-refractivity contribution in [1.29, 1.82) is 0 Å². The van der Waals surface area contributed by atoms with Crippen LogP contribution in [0.4, 0.5) is 0 Å². The van der Waals surface area contributed by atoms with Crippen LogP contribution in [0, 0.1) is 27.7 Å². The van der Waals surface area contributed by atoms with E-state index in [1.165, 1.54) is 22.9 Å². The monoisotopic (exact) mass is 483 g/mol. The Kier molecular flexibility index (Phi) is 6.11. The SMILES string of the molecule is Cc1ccc(-n2c(C)cc(C(=O)CSc3ncnc4sc(-c5ccccc5)cc34)c2C)cc1C. The molecule has 0 N–H and O–H groups in total. The minimum Gasteiger partial charge on any atom is -0.318 e. The first-order chi connectivity index (χ1) is 16.4. The summed E-state index contributed by atoms with van der Waals surface area (Å²) < 4.78 is 2.16. The van der Waals surface area contributed by atoms with Gasteiger partial charge in [-0.2, -0.15) is 0 Å². The molecule has 6 heteroatoms. The number of Topliss-reactive ketones (excluding diaryl/α,β-unsaturated/α-hetero) is 1. The summed E-state index contributed by atoms with van der Waals surface area (Å²) in [5.74, 6) is 0.443. The first kappa shape index (κ1) is 22.6. The third-order valence-electron chi connectivity index (χ3n) is 6.17. The number of hydrogen-bond acceptors (Lipinski definition) is 5. The summed E-state index contributed by atoms with van der Waals surface area (Å²) in [6.45, 7) is 8.30. The van der Waals surface area contributed by atoms with Crippen molar-refractivity contribution in [3.8, 4) is 16.1 Å². The standard InChI is InChI=1S/C28H25N3OS2/c1-17-10-11-22(12-18(17)2)31-19(3)13-23(20(31)4)25(32)15-33-27-24-14-26(21-8-6-5-7-9-21)34-28(24)30-16-29-27/h5-14,16H,15H2,1-4H3. The van der Waals surface area contributed by atoms with Crippen molar-refractivity contribution < 1.29 is 4.79 Å². The topological polar surface area (TPSA) is 47.8 Å². The van der Waals surface area contributed by atoms with Gasteiger partial charge in [-0.25, -0.2) is 9.97 Å². The van der Waals surface area contributed by atoms with Crippen LogP contribution in [0.5, 0.6) is 0 Å². The van der Waals surface area contributed by atoms with Crippen LogP contribution in [0.2, 0.25) is 0 Å². The van der Waals surface area contributed by atoms with Gasteiger partial charge in [-0.15, -0.1) is 11.3 Å². The van der Waals surface area contributed by atoms with Crippen LogP contribution in [0.25, 0.3) is 26.3 Å². The molecule has 0 aliphatic heterocycles. The van der Waals surface area contributed by atoms with E-state index in [1.807, 2.05) is 31.2 Å². The van der Waals surface area contributed by atoms with Crippen LogP contribution >= 0.6 is 23.1 Å². The Labute approximate surface area is 207 Å². The molecule has 3 heterocycles. The summed E-state index contributed by atoms with van der Waals surface area (Å²) in [6.07, 6.45) is 1.59. The van der Waals surface area contributed by atoms with Gasteiger partial charge >= 0.3 is 0 Å². The molecule has 5 aromatic rings. The fraction of sp³-hybridized carbons (Fsp3) is 0.179. The maximum atomic E-state index is 13.2. The van der Waals surface area contributed by atoms with Crippen molar-refractivity contribution in [2.75, 3.05) is 5.75 Å². The molecule has 0 radical (unpaired) electrons. The van der Waals surface area contributed by atoms with Crippen molar-refractivity contribution in [2.45, 2.75) is 32.7 Å². The van der Waals surface area contributed by atoms with Gasteiger partial charge in [0.2, 0.25) is 0 Å². The van der Waals surface area contributed by atoms with Gasteiger partial charge in [0.05, 0.1) is 5.75 Å². The Balaban J connectivity index is 1.40. The highest BCUT2D eigenvalue weighted by atomic mass is 32.2. The minimum atomic E-state index is 0.110. The van der Waals surface area contributed by atoms with E-state index in [0.29, 0.717) is 5.75 Å². The fourth-order valence-corrected chi connectivity index (χ4v) is 6.14. The lowest BCUT2D eigenvalue weighted by Gasteiger charge is -2.12. The van der Waals surface area contributed by atoms with Gasteiger partial charge in [-0.3, -0.25) is 4.79 Å². The number of aromatic nitrogens is 3. The van der Waals surface area contributed by atoms with Crippen molar-refractivity contribution in [3.05, 3.63) is 95.1 Å². The average molecular weight is 484 g/mol. The lowest BCUT2D eigenvalue weighted by atomic mass is 10.1. The molecule has 34 heavy (non-hydrogen) atoms. The molecule has 0 saturated carbocycles. The zero-order chi connectivity index (χ0) is 23.8. The number of nitrogens with zero attached hydrogens (tertiary/aromatic N) is 3. The summed E-state index contributed by atoms with van der Waals surface area (Å²) in [6, 6.07) is 20.8. The molecule has 0 saturated heterocycles. The molecule has 0 fully saturated rings. The zero-order valence-electron chi connectivity index (χ0n) is 19.6. The van der Waals surface area contributed by atoms with E-state index in [0.717, 1.165) is 48.3 Å². The number of rotatable bonds is 6. The van der Waals surface area contributed by atoms with E-state index in [1.54, 1.807) is 17.7 Å². The lowest BCUT2D eigenvalue weighted by Crippen LogP contribution is -2.06. The van der Waals surface area contributed by atoms with Gasteiger partial charge in [0, 0.05) is 32.9 Å². The highest BCUT2D eigenvalue weighted by Gasteiger charge is 2.18. The smallest absolute Gasteiger partial charge is 0.174 e. The van der Waals surface area contributed by atoms with Crippen molar-refractivity contribution in [2.24, 2.45) is 0 Å². The Bertz CT molecular complexity index is 1520. The Morgan fingerprint density at radius 2 is 1.74 bits per heavy atom. The summed E-state index contributed by atoms with van der Waals surface area (Å²) in [7, 11) is 0. The number of thiophene rings is 1. The second kappa shape index (κ2) is 9.20. The normalized spacial score (nSPS) is 11.3. The summed E-state index contributed by atoms with van der Waals surface area (Å²) in [5.41, 5.74) is 7.56. The maximum absolute atomic E-state index is 13.2. The molecule has 0 aliphatic rings. The number of fused-ring (bicyclic) bond motifs is 1. The molecule has 0 aliphatic carbocycles. The lowest BCUT2D eigenvalue weighted by molar-refractivity contribution is 0.102. The highest BCUT2D eigenvalue weighted by molar-refractivity contribution is 8.00. The van der Waals surface area contributed by atoms with Gasteiger partial charge in [0.25, 0.3) is 0 Å². The molecule has 0 spiro atoms. The second-order valence-corrected chi connectivity index (χ2v) is 10.5. The fourth-order valence-electron chi connectivity index (χ4n) is 4.21. The molecular formula is C28H25N3OS2. The molecule has 3 aromatic heterocycles. The van der Waals surface area contributed by atoms with Gasteiger partial charge in [-0.1, -0.05) is 48.2 Å². The van der Waals surface area contributed by atoms with E-state index in [9.17, 15) is 4.79 Å². The Hall–Kier alpha value is -3.22. The van der Waals surface area contributed by atoms with Gasteiger partial charge in [0.15, 0.2) is 5.78 Å². The van der Waals surface area contributed by atoms with Crippen LogP contribution in [-0.4, -0.2) is 26.1 Å². The molecule has 0 unspecified atom stereocenters. The van der Waals surface area contributed by atoms with Gasteiger partial charge < -0.3 is 4.57 Å². The average Bonchev–Trinajstić information content (AvgIpc) is 3.41. The number of carbonyl (C=O) groups excluding carboxylic acids is 1. The number of ketones is 1. The molecule has 5 rings (SSSR count). The third-order valence-corrected chi connectivity index (χ3v) is 8.27. The van der Waals surface area contributed by atoms with E-state index in [-0.39, 0.29) is 5.78 Å². The first-order valence-corrected chi connectivity index (χ1v) is 12.9. The number of benzene rings is 2. The van der Waals surface area contributed by atoms with Crippen molar-refractivity contribution in [1.82, 2.24) is 14.5 Å². The maximum Gasteiger partial charge on any atom is 0.174 e. The van der Waals surface area contributed by atoms with E-state index < -0.39 is 0 Å². The van der Waals surface area contributed by atoms with E-state index in [2.05, 4.69) is 71.7 Å². The third kappa shape index (κ3) is 4.19. The molecular weight excluding hydrogens is 458 g/mol. The largest absolute Gasteiger partial charge is 0.318 e. The van der Waals surface area contributed by atoms with Crippen LogP contribution in [0.3, 0.4) is 0 Å². The quantitative estimate of drug-likeness (QED) is 0.144. The minimum absolute atomic E-state index is 0.110.